The summed E-state index contributed by atoms with van der Waals surface area (Å²) in [6, 6.07) is 0. The van der Waals surface area contributed by atoms with Crippen molar-refractivity contribution in [1.82, 2.24) is 5.32 Å². The molecule has 4 nitrogen and oxygen atoms in total. The van der Waals surface area contributed by atoms with Crippen LogP contribution in [-0.4, -0.2) is 55.0 Å². The maximum atomic E-state index is 13.1. The first-order chi connectivity index (χ1) is 13.2. The van der Waals surface area contributed by atoms with Crippen molar-refractivity contribution < 1.29 is 56.9 Å². The Morgan fingerprint density at radius 2 is 1.23 bits per heavy atom. The maximum absolute atomic E-state index is 13.1. The van der Waals surface area contributed by atoms with E-state index in [-0.39, 0.29) is 6.42 Å². The van der Waals surface area contributed by atoms with E-state index < -0.39 is 51.9 Å². The summed E-state index contributed by atoms with van der Waals surface area (Å²) in [7, 11) is -7.31. The van der Waals surface area contributed by atoms with Gasteiger partial charge < -0.3 is 5.32 Å². The van der Waals surface area contributed by atoms with Crippen LogP contribution in [-0.2, 0) is 10.1 Å². The first kappa shape index (κ1) is 30.8. The fourth-order valence-corrected chi connectivity index (χ4v) is 2.07. The number of alkyl halides is 10. The van der Waals surface area contributed by atoms with E-state index >= 15 is 0 Å². The molecule has 0 bridgehead atoms. The van der Waals surface area contributed by atoms with E-state index in [9.17, 15) is 52.3 Å². The molecule has 0 aliphatic rings. The smallest absolute Gasteiger partial charge is 0.310 e. The third-order valence-electron chi connectivity index (χ3n) is 3.36. The fraction of sp³-hybridized carbons (Fsp3) is 0.733. The molecule has 0 aromatic heterocycles. The number of hydrogen-bond donors (Lipinski definition) is 2. The van der Waals surface area contributed by atoms with E-state index in [2.05, 4.69) is 18.5 Å². The minimum absolute atomic E-state index is 0.241. The van der Waals surface area contributed by atoms with Gasteiger partial charge in [-0.05, 0) is 6.42 Å². The molecule has 180 valence electrons. The molecule has 0 aromatic carbocycles. The van der Waals surface area contributed by atoms with E-state index in [0.717, 1.165) is 20.0 Å². The molecular formula is C15H21F10NO3S. The lowest BCUT2D eigenvalue weighted by Gasteiger charge is -2.38. The van der Waals surface area contributed by atoms with Crippen LogP contribution in [0.25, 0.3) is 0 Å². The minimum atomic E-state index is -7.52. The average Bonchev–Trinajstić information content (AvgIpc) is 2.59. The molecule has 0 rings (SSSR count). The molecule has 0 aliphatic carbocycles. The number of unbranched alkanes of at least 4 members (excludes halogenated alkanes) is 1. The molecule has 15 heteroatoms. The van der Waals surface area contributed by atoms with E-state index in [1.807, 2.05) is 12.2 Å². The Bertz CT molecular complexity index is 658. The Morgan fingerprint density at radius 3 is 1.53 bits per heavy atom. The lowest BCUT2D eigenvalue weighted by molar-refractivity contribution is -0.390. The highest BCUT2D eigenvalue weighted by Gasteiger charge is 2.88. The van der Waals surface area contributed by atoms with Gasteiger partial charge in [0.25, 0.3) is 0 Å². The molecular weight excluding hydrogens is 464 g/mol. The topological polar surface area (TPSA) is 66.4 Å². The van der Waals surface area contributed by atoms with Crippen molar-refractivity contribution in [1.29, 1.82) is 0 Å². The minimum Gasteiger partial charge on any atom is -0.310 e. The van der Waals surface area contributed by atoms with E-state index in [0.29, 0.717) is 0 Å². The molecule has 30 heavy (non-hydrogen) atoms. The van der Waals surface area contributed by atoms with Crippen molar-refractivity contribution in [3.63, 3.8) is 0 Å². The zero-order valence-electron chi connectivity index (χ0n) is 15.6. The summed E-state index contributed by atoms with van der Waals surface area (Å²) in [6.07, 6.45) is 0.528. The molecule has 0 aromatic rings. The van der Waals surface area contributed by atoms with Crippen LogP contribution in [0, 0.1) is 0 Å². The van der Waals surface area contributed by atoms with Crippen molar-refractivity contribution in [3.8, 4) is 0 Å². The van der Waals surface area contributed by atoms with Gasteiger partial charge in [-0.25, -0.2) is 0 Å². The van der Waals surface area contributed by atoms with Gasteiger partial charge in [0, 0.05) is 19.5 Å². The first-order valence-corrected chi connectivity index (χ1v) is 9.45. The van der Waals surface area contributed by atoms with Gasteiger partial charge in [-0.15, -0.1) is 13.2 Å². The van der Waals surface area contributed by atoms with Crippen LogP contribution in [0.3, 0.4) is 0 Å². The molecule has 0 heterocycles. The van der Waals surface area contributed by atoms with Crippen molar-refractivity contribution >= 4 is 10.1 Å². The van der Waals surface area contributed by atoms with Crippen molar-refractivity contribution in [2.75, 3.05) is 13.1 Å². The first-order valence-electron chi connectivity index (χ1n) is 8.01. The Morgan fingerprint density at radius 1 is 0.833 bits per heavy atom. The lowest BCUT2D eigenvalue weighted by atomic mass is 9.95. The molecule has 0 fully saturated rings. The van der Waals surface area contributed by atoms with E-state index in [4.69, 9.17) is 4.55 Å². The van der Waals surface area contributed by atoms with Crippen LogP contribution in [0.2, 0.25) is 0 Å². The largest absolute Gasteiger partial charge is 0.438 e. The second-order valence-electron chi connectivity index (χ2n) is 5.76. The molecule has 0 saturated carbocycles. The summed E-state index contributed by atoms with van der Waals surface area (Å²) in [5.41, 5.74) is 0. The SMILES string of the molecule is C=CCNCC=C.CCCCC(F)(F)C(F)(F)C(F)(F)C(F)(F)C(F)(F)S(=O)(=O)O. The zero-order valence-corrected chi connectivity index (χ0v) is 16.4. The summed E-state index contributed by atoms with van der Waals surface area (Å²) in [6.45, 7) is 9.97. The number of rotatable bonds is 12. The van der Waals surface area contributed by atoms with Gasteiger partial charge in [0.15, 0.2) is 0 Å². The third-order valence-corrected chi connectivity index (χ3v) is 4.26. The van der Waals surface area contributed by atoms with Crippen molar-refractivity contribution in [3.05, 3.63) is 25.3 Å². The summed E-state index contributed by atoms with van der Waals surface area (Å²) in [5, 5.41) is -4.08. The van der Waals surface area contributed by atoms with Crippen LogP contribution >= 0.6 is 0 Å². The summed E-state index contributed by atoms with van der Waals surface area (Å²) < 4.78 is 158. The second kappa shape index (κ2) is 10.8. The van der Waals surface area contributed by atoms with Gasteiger partial charge in [-0.3, -0.25) is 4.55 Å². The van der Waals surface area contributed by atoms with Crippen LogP contribution in [0.15, 0.2) is 25.3 Å². The molecule has 0 unspecified atom stereocenters. The normalized spacial score (nSPS) is 14.0. The Labute approximate surface area is 166 Å². The molecule has 0 amide bonds. The standard InChI is InChI=1S/C9H10F10O3S.C6H11N/c1-2-3-4-5(10,11)6(12,13)7(14,15)8(16,17)9(18,19)23(20,21)22;1-3-5-7-6-4-2/h2-4H2,1H3,(H,20,21,22);3-4,7H,1-2,5-6H2. The van der Waals surface area contributed by atoms with Gasteiger partial charge in [0.05, 0.1) is 0 Å². The maximum Gasteiger partial charge on any atom is 0.438 e. The van der Waals surface area contributed by atoms with Crippen molar-refractivity contribution in [2.24, 2.45) is 0 Å². The van der Waals surface area contributed by atoms with Gasteiger partial charge in [-0.1, -0.05) is 25.5 Å². The van der Waals surface area contributed by atoms with Crippen LogP contribution in [0.5, 0.6) is 0 Å². The highest BCUT2D eigenvalue weighted by atomic mass is 32.2. The van der Waals surface area contributed by atoms with Gasteiger partial charge in [-0.2, -0.15) is 52.3 Å². The lowest BCUT2D eigenvalue weighted by Crippen LogP contribution is -2.68. The highest BCUT2D eigenvalue weighted by Crippen LogP contribution is 2.58. The third kappa shape index (κ3) is 6.33. The second-order valence-corrected chi connectivity index (χ2v) is 7.22. The molecule has 0 saturated heterocycles. The molecule has 0 spiro atoms. The van der Waals surface area contributed by atoms with E-state index in [1.165, 1.54) is 0 Å². The summed E-state index contributed by atoms with van der Waals surface area (Å²) >= 11 is 0. The predicted molar refractivity (Wildman–Crippen MR) is 89.1 cm³/mol. The fourth-order valence-electron chi connectivity index (χ4n) is 1.61. The quantitative estimate of drug-likeness (QED) is 0.174. The number of nitrogens with one attached hydrogen (secondary N) is 1. The monoisotopic (exact) mass is 485 g/mol. The summed E-state index contributed by atoms with van der Waals surface area (Å²) in [4.78, 5) is 0. The Balaban J connectivity index is 0. The van der Waals surface area contributed by atoms with Crippen LogP contribution in [0.1, 0.15) is 26.2 Å². The Hall–Kier alpha value is -1.35. The summed E-state index contributed by atoms with van der Waals surface area (Å²) in [5.74, 6) is -27.9. The molecule has 2 N–H and O–H groups in total. The molecule has 0 aliphatic heterocycles. The van der Waals surface area contributed by atoms with Gasteiger partial charge >= 0.3 is 39.1 Å². The molecule has 0 radical (unpaired) electrons. The van der Waals surface area contributed by atoms with Gasteiger partial charge in [0.1, 0.15) is 0 Å². The van der Waals surface area contributed by atoms with Crippen LogP contribution < -0.4 is 5.32 Å². The van der Waals surface area contributed by atoms with E-state index in [1.54, 1.807) is 0 Å². The van der Waals surface area contributed by atoms with Crippen molar-refractivity contribution in [2.45, 2.75) is 55.1 Å². The average molecular weight is 485 g/mol. The zero-order chi connectivity index (χ0) is 24.7. The Kier molecular flexibility index (Phi) is 11.1. The highest BCUT2D eigenvalue weighted by molar-refractivity contribution is 7.87. The number of halogens is 10. The number of hydrogen-bond acceptors (Lipinski definition) is 3. The molecule has 0 atom stereocenters. The predicted octanol–water partition coefficient (Wildman–Crippen LogP) is 5.15. The van der Waals surface area contributed by atoms with Gasteiger partial charge in [0.2, 0.25) is 0 Å². The van der Waals surface area contributed by atoms with Crippen LogP contribution in [0.4, 0.5) is 43.9 Å².